The van der Waals surface area contributed by atoms with Gasteiger partial charge in [-0.3, -0.25) is 0 Å². The van der Waals surface area contributed by atoms with Crippen LogP contribution in [-0.4, -0.2) is 10.7 Å². The van der Waals surface area contributed by atoms with Gasteiger partial charge in [-0.2, -0.15) is 0 Å². The Morgan fingerprint density at radius 1 is 1.31 bits per heavy atom. The van der Waals surface area contributed by atoms with Gasteiger partial charge in [-0.15, -0.1) is 0 Å². The van der Waals surface area contributed by atoms with E-state index in [2.05, 4.69) is 13.8 Å². The summed E-state index contributed by atoms with van der Waals surface area (Å²) in [6.07, 6.45) is 7.56. The molecule has 0 amide bonds. The maximum Gasteiger partial charge on any atom is 0.0673 e. The quantitative estimate of drug-likeness (QED) is 0.713. The van der Waals surface area contributed by atoms with Crippen molar-refractivity contribution < 1.29 is 5.11 Å². The Morgan fingerprint density at radius 3 is 2.31 bits per heavy atom. The Hall–Kier alpha value is -0.0400. The molecule has 0 saturated heterocycles. The van der Waals surface area contributed by atoms with Crippen LogP contribution in [0.4, 0.5) is 0 Å². The Labute approximate surface area is 82.5 Å². The highest BCUT2D eigenvalue weighted by molar-refractivity contribution is 4.87. The van der Waals surface area contributed by atoms with E-state index in [9.17, 15) is 5.11 Å². The molecule has 0 aromatic carbocycles. The van der Waals surface area contributed by atoms with Crippen molar-refractivity contribution in [2.24, 2.45) is 11.8 Å². The third kappa shape index (κ3) is 2.46. The second-order valence-electron chi connectivity index (χ2n) is 4.87. The summed E-state index contributed by atoms with van der Waals surface area (Å²) in [5.41, 5.74) is -0.421. The van der Waals surface area contributed by atoms with Gasteiger partial charge in [0.25, 0.3) is 0 Å². The monoisotopic (exact) mass is 184 g/mol. The van der Waals surface area contributed by atoms with Crippen molar-refractivity contribution in [1.82, 2.24) is 0 Å². The Kier molecular flexibility index (Phi) is 3.78. The van der Waals surface area contributed by atoms with Crippen molar-refractivity contribution in [3.05, 3.63) is 0 Å². The van der Waals surface area contributed by atoms with Gasteiger partial charge in [0.2, 0.25) is 0 Å². The molecule has 1 heteroatoms. The fraction of sp³-hybridized carbons (Fsp3) is 1.00. The van der Waals surface area contributed by atoms with Gasteiger partial charge >= 0.3 is 0 Å². The van der Waals surface area contributed by atoms with Crippen LogP contribution in [0.3, 0.4) is 0 Å². The van der Waals surface area contributed by atoms with Gasteiger partial charge in [0, 0.05) is 0 Å². The highest BCUT2D eigenvalue weighted by atomic mass is 16.3. The molecule has 0 heterocycles. The first kappa shape index (κ1) is 11.0. The zero-order valence-electron chi connectivity index (χ0n) is 9.34. The van der Waals surface area contributed by atoms with Gasteiger partial charge in [-0.1, -0.05) is 39.5 Å². The summed E-state index contributed by atoms with van der Waals surface area (Å²) in [7, 11) is 0. The van der Waals surface area contributed by atoms with E-state index < -0.39 is 5.60 Å². The average molecular weight is 184 g/mol. The summed E-state index contributed by atoms with van der Waals surface area (Å²) >= 11 is 0. The molecule has 13 heavy (non-hydrogen) atoms. The number of hydrogen-bond donors (Lipinski definition) is 1. The largest absolute Gasteiger partial charge is 0.390 e. The lowest BCUT2D eigenvalue weighted by Crippen LogP contribution is -2.41. The second-order valence-corrected chi connectivity index (χ2v) is 4.87. The molecule has 78 valence electrons. The van der Waals surface area contributed by atoms with Crippen molar-refractivity contribution in [3.63, 3.8) is 0 Å². The molecule has 1 nitrogen and oxygen atoms in total. The third-order valence-corrected chi connectivity index (χ3v) is 4.04. The van der Waals surface area contributed by atoms with Crippen LogP contribution < -0.4 is 0 Å². The molecule has 0 aliphatic heterocycles. The van der Waals surface area contributed by atoms with E-state index in [1.54, 1.807) is 0 Å². The first-order chi connectivity index (χ1) is 6.09. The van der Waals surface area contributed by atoms with Crippen molar-refractivity contribution in [1.29, 1.82) is 0 Å². The van der Waals surface area contributed by atoms with Crippen LogP contribution in [0.15, 0.2) is 0 Å². The third-order valence-electron chi connectivity index (χ3n) is 4.04. The van der Waals surface area contributed by atoms with Gasteiger partial charge < -0.3 is 5.11 Å². The van der Waals surface area contributed by atoms with Crippen molar-refractivity contribution >= 4 is 0 Å². The summed E-state index contributed by atoms with van der Waals surface area (Å²) in [5, 5.41) is 10.4. The predicted octanol–water partition coefficient (Wildman–Crippen LogP) is 3.36. The molecule has 2 unspecified atom stereocenters. The molecule has 1 saturated carbocycles. The lowest BCUT2D eigenvalue weighted by atomic mass is 9.71. The molecule has 0 aromatic rings. The van der Waals surface area contributed by atoms with Crippen molar-refractivity contribution in [2.45, 2.75) is 64.9 Å². The van der Waals surface area contributed by atoms with Crippen LogP contribution in [0.25, 0.3) is 0 Å². The number of rotatable bonds is 3. The average Bonchev–Trinajstić information content (AvgIpc) is 2.18. The second kappa shape index (κ2) is 4.45. The molecule has 1 aliphatic rings. The summed E-state index contributed by atoms with van der Waals surface area (Å²) in [5.74, 6) is 0.992. The van der Waals surface area contributed by atoms with Crippen LogP contribution in [0, 0.1) is 11.8 Å². The fourth-order valence-corrected chi connectivity index (χ4v) is 2.50. The molecule has 2 atom stereocenters. The van der Waals surface area contributed by atoms with Gasteiger partial charge in [0.15, 0.2) is 0 Å². The lowest BCUT2D eigenvalue weighted by molar-refractivity contribution is -0.0611. The lowest BCUT2D eigenvalue weighted by Gasteiger charge is -2.39. The molecular weight excluding hydrogens is 160 g/mol. The van der Waals surface area contributed by atoms with E-state index in [1.165, 1.54) is 32.1 Å². The van der Waals surface area contributed by atoms with Crippen LogP contribution in [0.2, 0.25) is 0 Å². The van der Waals surface area contributed by atoms with Crippen molar-refractivity contribution in [3.8, 4) is 0 Å². The molecule has 0 radical (unpaired) electrons. The van der Waals surface area contributed by atoms with Crippen LogP contribution in [0.1, 0.15) is 59.3 Å². The highest BCUT2D eigenvalue weighted by Crippen LogP contribution is 2.37. The smallest absolute Gasteiger partial charge is 0.0673 e. The predicted molar refractivity (Wildman–Crippen MR) is 56.7 cm³/mol. The Balaban J connectivity index is 2.55. The van der Waals surface area contributed by atoms with Gasteiger partial charge in [0.1, 0.15) is 0 Å². The first-order valence-electron chi connectivity index (χ1n) is 5.81. The standard InChI is InChI=1S/C12H24O/c1-4-10(2)12(3,13)11-8-6-5-7-9-11/h10-11,13H,4-9H2,1-3H3. The summed E-state index contributed by atoms with van der Waals surface area (Å²) in [6.45, 7) is 6.38. The van der Waals surface area contributed by atoms with Crippen LogP contribution in [0.5, 0.6) is 0 Å². The molecule has 1 aliphatic carbocycles. The number of aliphatic hydroxyl groups is 1. The van der Waals surface area contributed by atoms with Gasteiger partial charge in [0.05, 0.1) is 5.60 Å². The molecule has 1 fully saturated rings. The Morgan fingerprint density at radius 2 is 1.85 bits per heavy atom. The summed E-state index contributed by atoms with van der Waals surface area (Å²) in [4.78, 5) is 0. The maximum absolute atomic E-state index is 10.4. The zero-order valence-corrected chi connectivity index (χ0v) is 9.34. The van der Waals surface area contributed by atoms with E-state index in [-0.39, 0.29) is 0 Å². The highest BCUT2D eigenvalue weighted by Gasteiger charge is 2.36. The molecule has 0 aromatic heterocycles. The topological polar surface area (TPSA) is 20.2 Å². The SMILES string of the molecule is CCC(C)C(C)(O)C1CCCCC1. The normalized spacial score (nSPS) is 26.8. The van der Waals surface area contributed by atoms with E-state index >= 15 is 0 Å². The minimum Gasteiger partial charge on any atom is -0.390 e. The molecule has 1 rings (SSSR count). The van der Waals surface area contributed by atoms with E-state index in [0.29, 0.717) is 11.8 Å². The summed E-state index contributed by atoms with van der Waals surface area (Å²) < 4.78 is 0. The molecular formula is C12H24O. The van der Waals surface area contributed by atoms with E-state index in [4.69, 9.17) is 0 Å². The number of hydrogen-bond acceptors (Lipinski definition) is 1. The van der Waals surface area contributed by atoms with Gasteiger partial charge in [-0.25, -0.2) is 0 Å². The van der Waals surface area contributed by atoms with Crippen LogP contribution in [-0.2, 0) is 0 Å². The fourth-order valence-electron chi connectivity index (χ4n) is 2.50. The first-order valence-corrected chi connectivity index (χ1v) is 5.81. The molecule has 1 N–H and O–H groups in total. The minimum absolute atomic E-state index is 0.421. The van der Waals surface area contributed by atoms with E-state index in [1.807, 2.05) is 6.92 Å². The molecule has 0 spiro atoms. The van der Waals surface area contributed by atoms with Gasteiger partial charge in [-0.05, 0) is 31.6 Å². The maximum atomic E-state index is 10.4. The zero-order chi connectivity index (χ0) is 9.90. The van der Waals surface area contributed by atoms with Crippen LogP contribution >= 0.6 is 0 Å². The van der Waals surface area contributed by atoms with E-state index in [0.717, 1.165) is 6.42 Å². The Bertz CT molecular complexity index is 145. The molecule has 0 bridgehead atoms. The van der Waals surface area contributed by atoms with Crippen molar-refractivity contribution in [2.75, 3.05) is 0 Å². The minimum atomic E-state index is -0.421. The summed E-state index contributed by atoms with van der Waals surface area (Å²) in [6, 6.07) is 0.